The number of amides is 1. The van der Waals surface area contributed by atoms with Gasteiger partial charge in [0.2, 0.25) is 0 Å². The maximum absolute atomic E-state index is 11.5. The number of anilines is 2. The van der Waals surface area contributed by atoms with Gasteiger partial charge in [0.25, 0.3) is 5.91 Å². The summed E-state index contributed by atoms with van der Waals surface area (Å²) in [6, 6.07) is 9.25. The van der Waals surface area contributed by atoms with Crippen LogP contribution in [0.5, 0.6) is 0 Å². The number of pyridine rings is 1. The molecule has 1 atom stereocenters. The van der Waals surface area contributed by atoms with E-state index in [0.29, 0.717) is 17.1 Å². The minimum atomic E-state index is -0.494. The largest absolute Gasteiger partial charge is 0.398 e. The van der Waals surface area contributed by atoms with Crippen molar-refractivity contribution in [2.24, 2.45) is 5.73 Å². The Morgan fingerprint density at radius 2 is 2.00 bits per heavy atom. The van der Waals surface area contributed by atoms with Gasteiger partial charge in [-0.1, -0.05) is 18.2 Å². The highest BCUT2D eigenvalue weighted by Gasteiger charge is 2.16. The summed E-state index contributed by atoms with van der Waals surface area (Å²) in [5.41, 5.74) is 14.2. The molecule has 0 bridgehead atoms. The SMILES string of the molecule is Cc1ccnc(NC(C)c2ccccc2N)c1C(N)=O. The summed E-state index contributed by atoms with van der Waals surface area (Å²) in [5, 5.41) is 3.20. The molecule has 2 aromatic rings. The zero-order valence-electron chi connectivity index (χ0n) is 11.6. The van der Waals surface area contributed by atoms with Crippen LogP contribution >= 0.6 is 0 Å². The van der Waals surface area contributed by atoms with Gasteiger partial charge in [0.05, 0.1) is 11.6 Å². The van der Waals surface area contributed by atoms with Crippen LogP contribution in [0.2, 0.25) is 0 Å². The van der Waals surface area contributed by atoms with Crippen molar-refractivity contribution < 1.29 is 4.79 Å². The van der Waals surface area contributed by atoms with Crippen LogP contribution < -0.4 is 16.8 Å². The zero-order chi connectivity index (χ0) is 14.7. The molecule has 0 saturated carbocycles. The molecule has 1 heterocycles. The third kappa shape index (κ3) is 2.71. The number of nitrogen functional groups attached to an aromatic ring is 1. The maximum Gasteiger partial charge on any atom is 0.252 e. The Morgan fingerprint density at radius 3 is 2.65 bits per heavy atom. The molecule has 0 aliphatic carbocycles. The van der Waals surface area contributed by atoms with Crippen molar-refractivity contribution in [3.63, 3.8) is 0 Å². The number of nitrogens with two attached hydrogens (primary N) is 2. The summed E-state index contributed by atoms with van der Waals surface area (Å²) >= 11 is 0. The Balaban J connectivity index is 2.33. The number of nitrogens with one attached hydrogen (secondary N) is 1. The van der Waals surface area contributed by atoms with Crippen LogP contribution in [0.25, 0.3) is 0 Å². The third-order valence-corrected chi connectivity index (χ3v) is 3.22. The molecule has 1 amide bonds. The molecule has 20 heavy (non-hydrogen) atoms. The maximum atomic E-state index is 11.5. The second kappa shape index (κ2) is 5.61. The number of hydrogen-bond donors (Lipinski definition) is 3. The number of aromatic nitrogens is 1. The fourth-order valence-corrected chi connectivity index (χ4v) is 2.17. The summed E-state index contributed by atoms with van der Waals surface area (Å²) in [7, 11) is 0. The van der Waals surface area contributed by atoms with Gasteiger partial charge in [-0.2, -0.15) is 0 Å². The van der Waals surface area contributed by atoms with Crippen LogP contribution in [-0.2, 0) is 0 Å². The Hall–Kier alpha value is -2.56. The van der Waals surface area contributed by atoms with Gasteiger partial charge >= 0.3 is 0 Å². The average Bonchev–Trinajstić information content (AvgIpc) is 2.38. The lowest BCUT2D eigenvalue weighted by Gasteiger charge is -2.18. The van der Waals surface area contributed by atoms with Gasteiger partial charge in [0.15, 0.2) is 0 Å². The normalized spacial score (nSPS) is 11.9. The molecule has 0 aliphatic rings. The van der Waals surface area contributed by atoms with Gasteiger partial charge in [-0.15, -0.1) is 0 Å². The van der Waals surface area contributed by atoms with Crippen molar-refractivity contribution in [3.8, 4) is 0 Å². The van der Waals surface area contributed by atoms with E-state index in [4.69, 9.17) is 11.5 Å². The minimum absolute atomic E-state index is 0.0800. The van der Waals surface area contributed by atoms with Crippen molar-refractivity contribution in [1.82, 2.24) is 4.98 Å². The third-order valence-electron chi connectivity index (χ3n) is 3.22. The quantitative estimate of drug-likeness (QED) is 0.743. The number of benzene rings is 1. The van der Waals surface area contributed by atoms with E-state index in [1.165, 1.54) is 0 Å². The van der Waals surface area contributed by atoms with E-state index >= 15 is 0 Å². The zero-order valence-corrected chi connectivity index (χ0v) is 11.6. The highest BCUT2D eigenvalue weighted by Crippen LogP contribution is 2.25. The predicted molar refractivity (Wildman–Crippen MR) is 80.4 cm³/mol. The first-order valence-corrected chi connectivity index (χ1v) is 6.37. The average molecular weight is 270 g/mol. The topological polar surface area (TPSA) is 94.0 Å². The number of nitrogens with zero attached hydrogens (tertiary/aromatic N) is 1. The molecule has 2 rings (SSSR count). The molecule has 1 aromatic heterocycles. The summed E-state index contributed by atoms with van der Waals surface area (Å²) in [5.74, 6) is -0.0143. The molecule has 0 spiro atoms. The first-order valence-electron chi connectivity index (χ1n) is 6.37. The second-order valence-corrected chi connectivity index (χ2v) is 4.71. The Bertz CT molecular complexity index is 640. The highest BCUT2D eigenvalue weighted by atomic mass is 16.1. The second-order valence-electron chi connectivity index (χ2n) is 4.71. The van der Waals surface area contributed by atoms with E-state index in [1.54, 1.807) is 12.3 Å². The van der Waals surface area contributed by atoms with Crippen molar-refractivity contribution in [2.45, 2.75) is 19.9 Å². The first kappa shape index (κ1) is 13.9. The van der Waals surface area contributed by atoms with Gasteiger partial charge in [-0.3, -0.25) is 4.79 Å². The molecule has 104 valence electrons. The number of aryl methyl sites for hydroxylation is 1. The van der Waals surface area contributed by atoms with E-state index in [2.05, 4.69) is 10.3 Å². The van der Waals surface area contributed by atoms with Crippen LogP contribution in [0.4, 0.5) is 11.5 Å². The lowest BCUT2D eigenvalue weighted by atomic mass is 10.1. The van der Waals surface area contributed by atoms with Crippen molar-refractivity contribution >= 4 is 17.4 Å². The monoisotopic (exact) mass is 270 g/mol. The number of hydrogen-bond acceptors (Lipinski definition) is 4. The van der Waals surface area contributed by atoms with E-state index in [1.807, 2.05) is 38.1 Å². The molecule has 0 radical (unpaired) electrons. The fourth-order valence-electron chi connectivity index (χ4n) is 2.17. The van der Waals surface area contributed by atoms with Crippen LogP contribution in [0.15, 0.2) is 36.5 Å². The van der Waals surface area contributed by atoms with Crippen molar-refractivity contribution in [1.29, 1.82) is 0 Å². The Kier molecular flexibility index (Phi) is 3.89. The molecule has 1 aromatic carbocycles. The van der Waals surface area contributed by atoms with Crippen LogP contribution in [0, 0.1) is 6.92 Å². The summed E-state index contributed by atoms with van der Waals surface area (Å²) in [6.45, 7) is 3.79. The van der Waals surface area contributed by atoms with Crippen molar-refractivity contribution in [2.75, 3.05) is 11.1 Å². The Labute approximate surface area is 118 Å². The van der Waals surface area contributed by atoms with E-state index in [0.717, 1.165) is 11.1 Å². The molecular formula is C15H18N4O. The highest BCUT2D eigenvalue weighted by molar-refractivity contribution is 5.99. The van der Waals surface area contributed by atoms with Gasteiger partial charge in [-0.25, -0.2) is 4.98 Å². The smallest absolute Gasteiger partial charge is 0.252 e. The van der Waals surface area contributed by atoms with E-state index in [-0.39, 0.29) is 6.04 Å². The van der Waals surface area contributed by atoms with Gasteiger partial charge in [0.1, 0.15) is 5.82 Å². The summed E-state index contributed by atoms with van der Waals surface area (Å²) < 4.78 is 0. The van der Waals surface area contributed by atoms with E-state index in [9.17, 15) is 4.79 Å². The first-order chi connectivity index (χ1) is 9.50. The van der Waals surface area contributed by atoms with Crippen LogP contribution in [0.3, 0.4) is 0 Å². The predicted octanol–water partition coefficient (Wildman–Crippen LogP) is 2.24. The lowest BCUT2D eigenvalue weighted by Crippen LogP contribution is -2.19. The van der Waals surface area contributed by atoms with Gasteiger partial charge in [0, 0.05) is 11.9 Å². The molecular weight excluding hydrogens is 252 g/mol. The van der Waals surface area contributed by atoms with Crippen molar-refractivity contribution in [3.05, 3.63) is 53.2 Å². The molecule has 1 unspecified atom stereocenters. The van der Waals surface area contributed by atoms with Crippen LogP contribution in [-0.4, -0.2) is 10.9 Å². The summed E-state index contributed by atoms with van der Waals surface area (Å²) in [4.78, 5) is 15.7. The molecule has 5 N–H and O–H groups in total. The number of carbonyl (C=O) groups is 1. The molecule has 5 nitrogen and oxygen atoms in total. The molecule has 0 saturated heterocycles. The molecule has 0 fully saturated rings. The lowest BCUT2D eigenvalue weighted by molar-refractivity contribution is 0.1000. The number of rotatable bonds is 4. The van der Waals surface area contributed by atoms with E-state index < -0.39 is 5.91 Å². The van der Waals surface area contributed by atoms with Crippen LogP contribution in [0.1, 0.15) is 34.5 Å². The fraction of sp³-hybridized carbons (Fsp3) is 0.200. The standard InChI is InChI=1S/C15H18N4O/c1-9-7-8-18-15(13(9)14(17)20)19-10(2)11-5-3-4-6-12(11)16/h3-8,10H,16H2,1-2H3,(H2,17,20)(H,18,19). The van der Waals surface area contributed by atoms with Gasteiger partial charge < -0.3 is 16.8 Å². The number of primary amides is 1. The Morgan fingerprint density at radius 1 is 1.30 bits per heavy atom. The summed E-state index contributed by atoms with van der Waals surface area (Å²) in [6.07, 6.45) is 1.64. The molecule has 5 heteroatoms. The number of para-hydroxylation sites is 1. The number of carbonyl (C=O) groups excluding carboxylic acids is 1. The molecule has 0 aliphatic heterocycles. The van der Waals surface area contributed by atoms with Gasteiger partial charge in [-0.05, 0) is 37.1 Å². The minimum Gasteiger partial charge on any atom is -0.398 e.